The fourth-order valence-electron chi connectivity index (χ4n) is 2.40. The molecule has 0 fully saturated rings. The van der Waals surface area contributed by atoms with Gasteiger partial charge in [0.15, 0.2) is 0 Å². The molecule has 0 radical (unpaired) electrons. The lowest BCUT2D eigenvalue weighted by molar-refractivity contribution is 0.266. The monoisotopic (exact) mass is 276 g/mol. The maximum absolute atomic E-state index is 3.72. The summed E-state index contributed by atoms with van der Waals surface area (Å²) < 4.78 is 0. The van der Waals surface area contributed by atoms with Gasteiger partial charge in [-0.3, -0.25) is 0 Å². The Bertz CT molecular complexity index is 346. The van der Waals surface area contributed by atoms with Crippen LogP contribution in [0.15, 0.2) is 30.3 Å². The molecule has 1 atom stereocenters. The van der Waals surface area contributed by atoms with E-state index in [2.05, 4.69) is 75.3 Å². The zero-order valence-electron chi connectivity index (χ0n) is 13.9. The van der Waals surface area contributed by atoms with E-state index in [1.807, 2.05) is 0 Å². The van der Waals surface area contributed by atoms with Crippen molar-refractivity contribution in [3.8, 4) is 0 Å². The highest BCUT2D eigenvalue weighted by Gasteiger charge is 2.14. The molecule has 0 spiro atoms. The molecule has 0 amide bonds. The molecule has 1 N–H and O–H groups in total. The smallest absolute Gasteiger partial charge is 0.0343 e. The van der Waals surface area contributed by atoms with Gasteiger partial charge in [-0.15, -0.1) is 0 Å². The predicted octanol–water partition coefficient (Wildman–Crippen LogP) is 4.09. The number of rotatable bonds is 9. The minimum atomic E-state index is 0.471. The number of nitrogens with one attached hydrogen (secondary N) is 1. The summed E-state index contributed by atoms with van der Waals surface area (Å²) in [6.45, 7) is 11.4. The largest absolute Gasteiger partial charge is 0.310 e. The van der Waals surface area contributed by atoms with E-state index in [0.717, 1.165) is 6.54 Å². The van der Waals surface area contributed by atoms with Crippen LogP contribution >= 0.6 is 0 Å². The maximum atomic E-state index is 3.72. The predicted molar refractivity (Wildman–Crippen MR) is 89.0 cm³/mol. The van der Waals surface area contributed by atoms with Gasteiger partial charge in [0.05, 0.1) is 0 Å². The van der Waals surface area contributed by atoms with Gasteiger partial charge in [0, 0.05) is 12.1 Å². The van der Waals surface area contributed by atoms with Crippen molar-refractivity contribution in [1.82, 2.24) is 10.2 Å². The molecule has 0 aromatic heterocycles. The van der Waals surface area contributed by atoms with E-state index in [4.69, 9.17) is 0 Å². The zero-order chi connectivity index (χ0) is 15.0. The van der Waals surface area contributed by atoms with Crippen LogP contribution in [0.1, 0.15) is 52.1 Å². The highest BCUT2D eigenvalue weighted by Crippen LogP contribution is 2.21. The molecule has 0 heterocycles. The minimum absolute atomic E-state index is 0.471. The number of nitrogens with zero attached hydrogens (tertiary/aromatic N) is 1. The lowest BCUT2D eigenvalue weighted by Gasteiger charge is -2.24. The van der Waals surface area contributed by atoms with Crippen molar-refractivity contribution in [2.24, 2.45) is 5.92 Å². The first-order valence-corrected chi connectivity index (χ1v) is 8.01. The molecule has 114 valence electrons. The maximum Gasteiger partial charge on any atom is 0.0343 e. The molecule has 0 bridgehead atoms. The summed E-state index contributed by atoms with van der Waals surface area (Å²) >= 11 is 0. The first-order valence-electron chi connectivity index (χ1n) is 8.01. The summed E-state index contributed by atoms with van der Waals surface area (Å²) in [4.78, 5) is 2.41. The van der Waals surface area contributed by atoms with Crippen molar-refractivity contribution in [1.29, 1.82) is 0 Å². The Labute approximate surface area is 125 Å². The first-order chi connectivity index (χ1) is 9.52. The molecular weight excluding hydrogens is 244 g/mol. The quantitative estimate of drug-likeness (QED) is 0.683. The van der Waals surface area contributed by atoms with Crippen LogP contribution in [0.2, 0.25) is 0 Å². The Morgan fingerprint density at radius 2 is 1.65 bits per heavy atom. The average Bonchev–Trinajstić information content (AvgIpc) is 2.42. The van der Waals surface area contributed by atoms with Crippen molar-refractivity contribution in [3.63, 3.8) is 0 Å². The van der Waals surface area contributed by atoms with Gasteiger partial charge in [0.2, 0.25) is 0 Å². The van der Waals surface area contributed by atoms with Crippen molar-refractivity contribution in [2.45, 2.75) is 52.6 Å². The average molecular weight is 276 g/mol. The van der Waals surface area contributed by atoms with Gasteiger partial charge in [-0.05, 0) is 58.3 Å². The van der Waals surface area contributed by atoms with Gasteiger partial charge < -0.3 is 10.2 Å². The molecule has 0 saturated heterocycles. The lowest BCUT2D eigenvalue weighted by Crippen LogP contribution is -2.29. The van der Waals surface area contributed by atoms with E-state index < -0.39 is 0 Å². The summed E-state index contributed by atoms with van der Waals surface area (Å²) in [6, 6.07) is 11.9. The van der Waals surface area contributed by atoms with Gasteiger partial charge in [-0.2, -0.15) is 0 Å². The molecule has 1 aromatic rings. The molecule has 0 saturated carbocycles. The summed E-state index contributed by atoms with van der Waals surface area (Å²) in [5, 5.41) is 3.72. The van der Waals surface area contributed by atoms with E-state index in [9.17, 15) is 0 Å². The van der Waals surface area contributed by atoms with Crippen molar-refractivity contribution in [3.05, 3.63) is 35.9 Å². The van der Waals surface area contributed by atoms with Crippen LogP contribution in [0.3, 0.4) is 0 Å². The molecule has 1 unspecified atom stereocenters. The second-order valence-electron chi connectivity index (χ2n) is 6.37. The lowest BCUT2D eigenvalue weighted by atomic mass is 9.96. The van der Waals surface area contributed by atoms with Crippen LogP contribution in [0, 0.1) is 5.92 Å². The summed E-state index contributed by atoms with van der Waals surface area (Å²) in [5.41, 5.74) is 1.40. The van der Waals surface area contributed by atoms with E-state index in [0.29, 0.717) is 18.0 Å². The van der Waals surface area contributed by atoms with Crippen LogP contribution in [0.4, 0.5) is 0 Å². The number of benzene rings is 1. The van der Waals surface area contributed by atoms with Crippen LogP contribution in [0.25, 0.3) is 0 Å². The highest BCUT2D eigenvalue weighted by atomic mass is 15.1. The van der Waals surface area contributed by atoms with E-state index >= 15 is 0 Å². The molecule has 2 heteroatoms. The number of unbranched alkanes of at least 4 members (excludes halogenated alkanes) is 1. The van der Waals surface area contributed by atoms with E-state index in [1.165, 1.54) is 24.9 Å². The summed E-state index contributed by atoms with van der Waals surface area (Å²) in [5.74, 6) is 0.621. The molecule has 20 heavy (non-hydrogen) atoms. The minimum Gasteiger partial charge on any atom is -0.310 e. The van der Waals surface area contributed by atoms with E-state index in [-0.39, 0.29) is 0 Å². The van der Waals surface area contributed by atoms with Crippen molar-refractivity contribution < 1.29 is 0 Å². The Morgan fingerprint density at radius 1 is 1.00 bits per heavy atom. The third-order valence-corrected chi connectivity index (χ3v) is 4.01. The topological polar surface area (TPSA) is 15.3 Å². The SMILES string of the molecule is CC(C)C(NCCCCN(C)C(C)C)c1ccccc1. The highest BCUT2D eigenvalue weighted by molar-refractivity contribution is 5.19. The van der Waals surface area contributed by atoms with E-state index in [1.54, 1.807) is 0 Å². The van der Waals surface area contributed by atoms with Gasteiger partial charge in [0.25, 0.3) is 0 Å². The van der Waals surface area contributed by atoms with Gasteiger partial charge >= 0.3 is 0 Å². The second kappa shape index (κ2) is 9.15. The van der Waals surface area contributed by atoms with Crippen LogP contribution in [0.5, 0.6) is 0 Å². The van der Waals surface area contributed by atoms with Crippen LogP contribution < -0.4 is 5.32 Å². The Balaban J connectivity index is 2.31. The fourth-order valence-corrected chi connectivity index (χ4v) is 2.40. The molecular formula is C18H32N2. The molecule has 0 aliphatic heterocycles. The molecule has 0 aliphatic carbocycles. The van der Waals surface area contributed by atoms with Crippen molar-refractivity contribution in [2.75, 3.05) is 20.1 Å². The van der Waals surface area contributed by atoms with Gasteiger partial charge in [0.1, 0.15) is 0 Å². The third-order valence-electron chi connectivity index (χ3n) is 4.01. The molecule has 0 aliphatic rings. The third kappa shape index (κ3) is 6.06. The molecule has 2 nitrogen and oxygen atoms in total. The summed E-state index contributed by atoms with van der Waals surface area (Å²) in [6.07, 6.45) is 2.51. The van der Waals surface area contributed by atoms with Crippen LogP contribution in [-0.2, 0) is 0 Å². The number of hydrogen-bond acceptors (Lipinski definition) is 2. The standard InChI is InChI=1S/C18H32N2/c1-15(2)18(17-11-7-6-8-12-17)19-13-9-10-14-20(5)16(3)4/h6-8,11-12,15-16,18-19H,9-10,13-14H2,1-5H3. The molecule has 1 rings (SSSR count). The van der Waals surface area contributed by atoms with Crippen molar-refractivity contribution >= 4 is 0 Å². The van der Waals surface area contributed by atoms with Gasteiger partial charge in [-0.1, -0.05) is 44.2 Å². The van der Waals surface area contributed by atoms with Gasteiger partial charge in [-0.25, -0.2) is 0 Å². The molecule has 1 aromatic carbocycles. The van der Waals surface area contributed by atoms with Crippen LogP contribution in [-0.4, -0.2) is 31.1 Å². The number of hydrogen-bond donors (Lipinski definition) is 1. The first kappa shape index (κ1) is 17.2. The second-order valence-corrected chi connectivity index (χ2v) is 6.37. The normalized spacial score (nSPS) is 13.4. The Hall–Kier alpha value is -0.860. The Morgan fingerprint density at radius 3 is 2.20 bits per heavy atom. The Kier molecular flexibility index (Phi) is 7.86. The summed E-state index contributed by atoms with van der Waals surface area (Å²) in [7, 11) is 2.21. The fraction of sp³-hybridized carbons (Fsp3) is 0.667. The zero-order valence-corrected chi connectivity index (χ0v) is 13.9.